The van der Waals surface area contributed by atoms with Crippen molar-refractivity contribution in [2.24, 2.45) is 5.10 Å². The van der Waals surface area contributed by atoms with E-state index in [1.54, 1.807) is 37.6 Å². The van der Waals surface area contributed by atoms with Crippen LogP contribution in [0, 0.1) is 7.14 Å². The summed E-state index contributed by atoms with van der Waals surface area (Å²) in [6.07, 6.45) is 1.62. The maximum absolute atomic E-state index is 12.2. The normalized spacial score (nSPS) is 10.8. The first-order valence-electron chi connectivity index (χ1n) is 8.80. The third-order valence-corrected chi connectivity index (χ3v) is 6.18. The first-order valence-corrected chi connectivity index (χ1v) is 11.7. The van der Waals surface area contributed by atoms with E-state index >= 15 is 0 Å². The summed E-state index contributed by atoms with van der Waals surface area (Å²) in [5, 5.41) is 4.07. The molecule has 0 fully saturated rings. The molecule has 0 saturated carbocycles. The lowest BCUT2D eigenvalue weighted by molar-refractivity contribution is 0.0955. The number of halogens is 3. The van der Waals surface area contributed by atoms with E-state index in [2.05, 4.69) is 71.6 Å². The number of amides is 1. The van der Waals surface area contributed by atoms with Gasteiger partial charge in [-0.2, -0.15) is 5.10 Å². The standard InChI is InChI=1S/C22H17BrI2N2O3/c1-29-18-8-4-16(5-9-18)22(28)27-26-12-15-10-19(24)21(20(25)11-15)30-13-14-2-6-17(23)7-3-14/h2-12H,13H2,1H3,(H,27,28)/b26-12-. The van der Waals surface area contributed by atoms with Crippen LogP contribution in [0.15, 0.2) is 70.2 Å². The Kier molecular flexibility index (Phi) is 8.51. The highest BCUT2D eigenvalue weighted by molar-refractivity contribution is 14.1. The maximum atomic E-state index is 12.2. The minimum atomic E-state index is -0.284. The van der Waals surface area contributed by atoms with Crippen molar-refractivity contribution < 1.29 is 14.3 Å². The summed E-state index contributed by atoms with van der Waals surface area (Å²) in [5.74, 6) is 1.24. The van der Waals surface area contributed by atoms with Crippen molar-refractivity contribution in [3.05, 3.63) is 89.0 Å². The number of hydrogen-bond acceptors (Lipinski definition) is 4. The molecule has 0 saturated heterocycles. The molecule has 30 heavy (non-hydrogen) atoms. The van der Waals surface area contributed by atoms with E-state index in [1.807, 2.05) is 36.4 Å². The van der Waals surface area contributed by atoms with Gasteiger partial charge in [0.15, 0.2) is 0 Å². The molecule has 5 nitrogen and oxygen atoms in total. The number of nitrogens with zero attached hydrogens (tertiary/aromatic N) is 1. The molecule has 3 rings (SSSR count). The van der Waals surface area contributed by atoms with Crippen LogP contribution in [0.25, 0.3) is 0 Å². The van der Waals surface area contributed by atoms with Gasteiger partial charge in [0.05, 0.1) is 20.5 Å². The van der Waals surface area contributed by atoms with Crippen molar-refractivity contribution >= 4 is 73.2 Å². The smallest absolute Gasteiger partial charge is 0.271 e. The summed E-state index contributed by atoms with van der Waals surface area (Å²) in [7, 11) is 1.58. The monoisotopic (exact) mass is 690 g/mol. The van der Waals surface area contributed by atoms with Crippen LogP contribution in [0.3, 0.4) is 0 Å². The molecular weight excluding hydrogens is 674 g/mol. The highest BCUT2D eigenvalue weighted by Crippen LogP contribution is 2.29. The van der Waals surface area contributed by atoms with Crippen LogP contribution in [0.1, 0.15) is 21.5 Å². The number of methoxy groups -OCH3 is 1. The SMILES string of the molecule is COc1ccc(C(=O)N/N=C\c2cc(I)c(OCc3ccc(Br)cc3)c(I)c2)cc1. The summed E-state index contributed by atoms with van der Waals surface area (Å²) >= 11 is 7.92. The number of carbonyl (C=O) groups is 1. The van der Waals surface area contributed by atoms with Crippen LogP contribution in [0.5, 0.6) is 11.5 Å². The van der Waals surface area contributed by atoms with Crippen molar-refractivity contribution in [1.29, 1.82) is 0 Å². The van der Waals surface area contributed by atoms with Gasteiger partial charge in [0.25, 0.3) is 5.91 Å². The fraction of sp³-hybridized carbons (Fsp3) is 0.0909. The van der Waals surface area contributed by atoms with Crippen LogP contribution in [0.2, 0.25) is 0 Å². The van der Waals surface area contributed by atoms with Crippen LogP contribution in [0.4, 0.5) is 0 Å². The van der Waals surface area contributed by atoms with E-state index in [1.165, 1.54) is 0 Å². The topological polar surface area (TPSA) is 59.9 Å². The van der Waals surface area contributed by atoms with Gasteiger partial charge in [-0.15, -0.1) is 0 Å². The maximum Gasteiger partial charge on any atom is 0.271 e. The Hall–Kier alpha value is -1.66. The molecule has 1 N–H and O–H groups in total. The second-order valence-electron chi connectivity index (χ2n) is 6.16. The first kappa shape index (κ1) is 23.0. The summed E-state index contributed by atoms with van der Waals surface area (Å²) in [4.78, 5) is 12.2. The molecule has 0 radical (unpaired) electrons. The zero-order valence-corrected chi connectivity index (χ0v) is 21.8. The summed E-state index contributed by atoms with van der Waals surface area (Å²) < 4.78 is 14.1. The van der Waals surface area contributed by atoms with Gasteiger partial charge in [-0.25, -0.2) is 5.43 Å². The second kappa shape index (κ2) is 11.1. The zero-order valence-electron chi connectivity index (χ0n) is 15.9. The van der Waals surface area contributed by atoms with Gasteiger partial charge in [-0.3, -0.25) is 4.79 Å². The molecular formula is C22H17BrI2N2O3. The Bertz CT molecular complexity index is 1030. The number of carbonyl (C=O) groups excluding carboxylic acids is 1. The minimum Gasteiger partial charge on any atom is -0.497 e. The van der Waals surface area contributed by atoms with Gasteiger partial charge in [0.2, 0.25) is 0 Å². The van der Waals surface area contributed by atoms with E-state index in [-0.39, 0.29) is 5.91 Å². The van der Waals surface area contributed by atoms with E-state index in [0.29, 0.717) is 17.9 Å². The van der Waals surface area contributed by atoms with Gasteiger partial charge in [-0.1, -0.05) is 28.1 Å². The third-order valence-electron chi connectivity index (χ3n) is 4.05. The van der Waals surface area contributed by atoms with E-state index < -0.39 is 0 Å². The highest BCUT2D eigenvalue weighted by atomic mass is 127. The largest absolute Gasteiger partial charge is 0.497 e. The average Bonchev–Trinajstić information content (AvgIpc) is 2.74. The Morgan fingerprint density at radius 3 is 2.30 bits per heavy atom. The molecule has 0 aliphatic carbocycles. The molecule has 0 aromatic heterocycles. The molecule has 0 heterocycles. The molecule has 1 amide bonds. The Morgan fingerprint density at radius 2 is 1.70 bits per heavy atom. The van der Waals surface area contributed by atoms with E-state index in [0.717, 1.165) is 28.5 Å². The predicted octanol–water partition coefficient (Wildman–Crippen LogP) is 6.01. The Balaban J connectivity index is 1.62. The molecule has 0 unspecified atom stereocenters. The molecule has 3 aromatic rings. The molecule has 0 atom stereocenters. The van der Waals surface area contributed by atoms with Crippen LogP contribution in [-0.4, -0.2) is 19.2 Å². The van der Waals surface area contributed by atoms with Crippen molar-refractivity contribution in [2.45, 2.75) is 6.61 Å². The number of rotatable bonds is 7. The van der Waals surface area contributed by atoms with E-state index in [4.69, 9.17) is 9.47 Å². The van der Waals surface area contributed by atoms with Crippen molar-refractivity contribution in [2.75, 3.05) is 7.11 Å². The fourth-order valence-electron chi connectivity index (χ4n) is 2.50. The zero-order chi connectivity index (χ0) is 21.5. The number of hydrazone groups is 1. The second-order valence-corrected chi connectivity index (χ2v) is 9.40. The predicted molar refractivity (Wildman–Crippen MR) is 138 cm³/mol. The lowest BCUT2D eigenvalue weighted by Crippen LogP contribution is -2.17. The molecule has 0 aliphatic rings. The van der Waals surface area contributed by atoms with Gasteiger partial charge < -0.3 is 9.47 Å². The van der Waals surface area contributed by atoms with Crippen LogP contribution in [-0.2, 0) is 6.61 Å². The minimum absolute atomic E-state index is 0.284. The Morgan fingerprint density at radius 1 is 1.07 bits per heavy atom. The molecule has 0 spiro atoms. The van der Waals surface area contributed by atoms with Crippen molar-refractivity contribution in [3.8, 4) is 11.5 Å². The molecule has 0 aliphatic heterocycles. The lowest BCUT2D eigenvalue weighted by Gasteiger charge is -2.11. The van der Waals surface area contributed by atoms with Crippen molar-refractivity contribution in [1.82, 2.24) is 5.43 Å². The summed E-state index contributed by atoms with van der Waals surface area (Å²) in [5.41, 5.74) is 5.01. The third kappa shape index (κ3) is 6.42. The highest BCUT2D eigenvalue weighted by Gasteiger charge is 2.09. The first-order chi connectivity index (χ1) is 14.5. The van der Waals surface area contributed by atoms with Crippen LogP contribution < -0.4 is 14.9 Å². The van der Waals surface area contributed by atoms with Gasteiger partial charge in [-0.05, 0) is 105 Å². The molecule has 8 heteroatoms. The van der Waals surface area contributed by atoms with Gasteiger partial charge in [0, 0.05) is 10.0 Å². The fourth-order valence-corrected chi connectivity index (χ4v) is 4.89. The molecule has 0 bridgehead atoms. The Labute approximate surface area is 210 Å². The average molecular weight is 691 g/mol. The van der Waals surface area contributed by atoms with Gasteiger partial charge in [0.1, 0.15) is 18.1 Å². The number of ether oxygens (including phenoxy) is 2. The summed E-state index contributed by atoms with van der Waals surface area (Å²) in [6, 6.07) is 18.8. The van der Waals surface area contributed by atoms with Gasteiger partial charge >= 0.3 is 0 Å². The molecule has 3 aromatic carbocycles. The molecule has 154 valence electrons. The quantitative estimate of drug-likeness (QED) is 0.188. The summed E-state index contributed by atoms with van der Waals surface area (Å²) in [6.45, 7) is 0.491. The number of hydrogen-bond donors (Lipinski definition) is 1. The number of benzene rings is 3. The van der Waals surface area contributed by atoms with E-state index in [9.17, 15) is 4.79 Å². The lowest BCUT2D eigenvalue weighted by atomic mass is 10.2. The van der Waals surface area contributed by atoms with Crippen molar-refractivity contribution in [3.63, 3.8) is 0 Å². The van der Waals surface area contributed by atoms with Crippen LogP contribution >= 0.6 is 61.1 Å². The number of nitrogens with one attached hydrogen (secondary N) is 1.